The van der Waals surface area contributed by atoms with Gasteiger partial charge in [-0.25, -0.2) is 4.98 Å². The SMILES string of the molecule is CCc1nccn1[C@@H]1CCCN(C(=O)C(F)(F)c2ncccc2C)C1. The Morgan fingerprint density at radius 1 is 1.36 bits per heavy atom. The van der Waals surface area contributed by atoms with Crippen molar-refractivity contribution in [3.05, 3.63) is 47.8 Å². The van der Waals surface area contributed by atoms with Crippen molar-refractivity contribution in [3.8, 4) is 0 Å². The summed E-state index contributed by atoms with van der Waals surface area (Å²) < 4.78 is 31.5. The topological polar surface area (TPSA) is 51.0 Å². The second-order valence-electron chi connectivity index (χ2n) is 6.39. The Balaban J connectivity index is 1.81. The predicted molar refractivity (Wildman–Crippen MR) is 89.3 cm³/mol. The maximum atomic E-state index is 14.7. The molecule has 1 atom stereocenters. The van der Waals surface area contributed by atoms with Crippen molar-refractivity contribution in [2.24, 2.45) is 0 Å². The molecule has 2 aromatic rings. The second kappa shape index (κ2) is 6.90. The smallest absolute Gasteiger partial charge is 0.335 e. The van der Waals surface area contributed by atoms with Gasteiger partial charge in [-0.2, -0.15) is 8.78 Å². The van der Waals surface area contributed by atoms with Crippen LogP contribution < -0.4 is 0 Å². The summed E-state index contributed by atoms with van der Waals surface area (Å²) in [6.45, 7) is 4.15. The molecule has 3 rings (SSSR count). The summed E-state index contributed by atoms with van der Waals surface area (Å²) in [7, 11) is 0. The first-order valence-corrected chi connectivity index (χ1v) is 8.56. The number of amides is 1. The maximum absolute atomic E-state index is 14.7. The minimum absolute atomic E-state index is 0.0178. The van der Waals surface area contributed by atoms with E-state index in [0.717, 1.165) is 18.7 Å². The van der Waals surface area contributed by atoms with E-state index in [2.05, 4.69) is 9.97 Å². The first-order valence-electron chi connectivity index (χ1n) is 8.56. The molecule has 1 aliphatic rings. The fourth-order valence-corrected chi connectivity index (χ4v) is 3.43. The van der Waals surface area contributed by atoms with Crippen molar-refractivity contribution in [2.45, 2.75) is 45.1 Å². The van der Waals surface area contributed by atoms with Gasteiger partial charge in [-0.1, -0.05) is 13.0 Å². The highest BCUT2D eigenvalue weighted by Gasteiger charge is 2.47. The van der Waals surface area contributed by atoms with Gasteiger partial charge >= 0.3 is 5.92 Å². The molecule has 0 aliphatic carbocycles. The van der Waals surface area contributed by atoms with E-state index in [4.69, 9.17) is 0 Å². The fourth-order valence-electron chi connectivity index (χ4n) is 3.43. The van der Waals surface area contributed by atoms with Gasteiger partial charge in [-0.05, 0) is 31.4 Å². The summed E-state index contributed by atoms with van der Waals surface area (Å²) in [5.74, 6) is -3.88. The van der Waals surface area contributed by atoms with Gasteiger partial charge in [-0.3, -0.25) is 9.78 Å². The number of nitrogens with zero attached hydrogens (tertiary/aromatic N) is 4. The van der Waals surface area contributed by atoms with Crippen molar-refractivity contribution < 1.29 is 13.6 Å². The Bertz CT molecular complexity index is 759. The molecule has 5 nitrogen and oxygen atoms in total. The first-order chi connectivity index (χ1) is 11.9. The molecule has 0 bridgehead atoms. The lowest BCUT2D eigenvalue weighted by Crippen LogP contribution is -2.47. The summed E-state index contributed by atoms with van der Waals surface area (Å²) in [5, 5.41) is 0. The number of hydrogen-bond acceptors (Lipinski definition) is 3. The molecular weight excluding hydrogens is 326 g/mol. The van der Waals surface area contributed by atoms with Crippen LogP contribution in [0.25, 0.3) is 0 Å². The summed E-state index contributed by atoms with van der Waals surface area (Å²) in [4.78, 5) is 21.9. The third kappa shape index (κ3) is 3.27. The van der Waals surface area contributed by atoms with Gasteiger partial charge in [-0.15, -0.1) is 0 Å². The number of aromatic nitrogens is 3. The number of rotatable bonds is 4. The third-order valence-corrected chi connectivity index (χ3v) is 4.72. The lowest BCUT2D eigenvalue weighted by molar-refractivity contribution is -0.161. The predicted octanol–water partition coefficient (Wildman–Crippen LogP) is 3.10. The van der Waals surface area contributed by atoms with E-state index in [-0.39, 0.29) is 12.6 Å². The zero-order valence-corrected chi connectivity index (χ0v) is 14.5. The van der Waals surface area contributed by atoms with Gasteiger partial charge in [0, 0.05) is 38.1 Å². The molecule has 2 aromatic heterocycles. The summed E-state index contributed by atoms with van der Waals surface area (Å²) in [6.07, 6.45) is 7.17. The molecule has 3 heterocycles. The van der Waals surface area contributed by atoms with Crippen LogP contribution >= 0.6 is 0 Å². The second-order valence-corrected chi connectivity index (χ2v) is 6.39. The van der Waals surface area contributed by atoms with Crippen LogP contribution in [0.4, 0.5) is 8.78 Å². The molecule has 1 saturated heterocycles. The first kappa shape index (κ1) is 17.5. The van der Waals surface area contributed by atoms with Gasteiger partial charge in [0.15, 0.2) is 0 Å². The normalized spacial score (nSPS) is 18.4. The van der Waals surface area contributed by atoms with Crippen LogP contribution in [0.3, 0.4) is 0 Å². The number of aryl methyl sites for hydroxylation is 2. The summed E-state index contributed by atoms with van der Waals surface area (Å²) in [6, 6.07) is 3.11. The molecule has 0 saturated carbocycles. The average molecular weight is 348 g/mol. The van der Waals surface area contributed by atoms with Gasteiger partial charge < -0.3 is 9.47 Å². The minimum atomic E-state index is -3.62. The van der Waals surface area contributed by atoms with Crippen LogP contribution in [0.2, 0.25) is 0 Å². The molecule has 0 unspecified atom stereocenters. The van der Waals surface area contributed by atoms with Crippen LogP contribution in [0.15, 0.2) is 30.7 Å². The molecule has 134 valence electrons. The standard InChI is InChI=1S/C18H22F2N4O/c1-3-15-21-9-11-24(15)14-7-5-10-23(12-14)17(25)18(19,20)16-13(2)6-4-8-22-16/h4,6,8-9,11,14H,3,5,7,10,12H2,1-2H3/t14-/m1/s1. The van der Waals surface area contributed by atoms with E-state index in [1.807, 2.05) is 17.7 Å². The van der Waals surface area contributed by atoms with Crippen LogP contribution in [0, 0.1) is 6.92 Å². The van der Waals surface area contributed by atoms with Gasteiger partial charge in [0.2, 0.25) is 0 Å². The van der Waals surface area contributed by atoms with Gasteiger partial charge in [0.1, 0.15) is 11.5 Å². The quantitative estimate of drug-likeness (QED) is 0.853. The van der Waals surface area contributed by atoms with Crippen molar-refractivity contribution in [2.75, 3.05) is 13.1 Å². The highest BCUT2D eigenvalue weighted by Crippen LogP contribution is 2.33. The molecular formula is C18H22F2N4O. The van der Waals surface area contributed by atoms with Crippen molar-refractivity contribution in [1.29, 1.82) is 0 Å². The molecule has 1 fully saturated rings. The maximum Gasteiger partial charge on any atom is 0.366 e. The molecule has 1 aliphatic heterocycles. The number of carbonyl (C=O) groups is 1. The lowest BCUT2D eigenvalue weighted by atomic mass is 10.0. The average Bonchev–Trinajstić information content (AvgIpc) is 3.10. The third-order valence-electron chi connectivity index (χ3n) is 4.72. The zero-order chi connectivity index (χ0) is 18.0. The zero-order valence-electron chi connectivity index (χ0n) is 14.5. The number of alkyl halides is 2. The lowest BCUT2D eigenvalue weighted by Gasteiger charge is -2.35. The van der Waals surface area contributed by atoms with E-state index < -0.39 is 17.5 Å². The molecule has 1 amide bonds. The van der Waals surface area contributed by atoms with E-state index in [1.165, 1.54) is 11.1 Å². The van der Waals surface area contributed by atoms with Crippen LogP contribution in [-0.4, -0.2) is 38.4 Å². The Morgan fingerprint density at radius 3 is 2.88 bits per heavy atom. The van der Waals surface area contributed by atoms with Gasteiger partial charge in [0.25, 0.3) is 5.91 Å². The van der Waals surface area contributed by atoms with E-state index >= 15 is 0 Å². The number of likely N-dealkylation sites (tertiary alicyclic amines) is 1. The highest BCUT2D eigenvalue weighted by atomic mass is 19.3. The van der Waals surface area contributed by atoms with Crippen LogP contribution in [-0.2, 0) is 17.1 Å². The van der Waals surface area contributed by atoms with Crippen molar-refractivity contribution >= 4 is 5.91 Å². The van der Waals surface area contributed by atoms with Gasteiger partial charge in [0.05, 0.1) is 6.04 Å². The number of imidazole rings is 1. The number of pyridine rings is 1. The largest absolute Gasteiger partial charge is 0.366 e. The number of hydrogen-bond donors (Lipinski definition) is 0. The Hall–Kier alpha value is -2.31. The monoisotopic (exact) mass is 348 g/mol. The van der Waals surface area contributed by atoms with Crippen LogP contribution in [0.1, 0.15) is 42.9 Å². The fraction of sp³-hybridized carbons (Fsp3) is 0.500. The van der Waals surface area contributed by atoms with Crippen LogP contribution in [0.5, 0.6) is 0 Å². The summed E-state index contributed by atoms with van der Waals surface area (Å²) >= 11 is 0. The highest BCUT2D eigenvalue weighted by molar-refractivity contribution is 5.84. The van der Waals surface area contributed by atoms with E-state index in [1.54, 1.807) is 25.3 Å². The van der Waals surface area contributed by atoms with E-state index in [9.17, 15) is 13.6 Å². The number of piperidine rings is 1. The Morgan fingerprint density at radius 2 is 2.16 bits per heavy atom. The Kier molecular flexibility index (Phi) is 4.83. The molecule has 0 aromatic carbocycles. The number of halogens is 2. The molecule has 0 spiro atoms. The summed E-state index contributed by atoms with van der Waals surface area (Å²) in [5.41, 5.74) is -0.142. The molecule has 7 heteroatoms. The minimum Gasteiger partial charge on any atom is -0.335 e. The van der Waals surface area contributed by atoms with Crippen molar-refractivity contribution in [1.82, 2.24) is 19.4 Å². The molecule has 0 radical (unpaired) electrons. The molecule has 25 heavy (non-hydrogen) atoms. The van der Waals surface area contributed by atoms with E-state index in [0.29, 0.717) is 18.5 Å². The van der Waals surface area contributed by atoms with Crippen molar-refractivity contribution in [3.63, 3.8) is 0 Å². The number of carbonyl (C=O) groups excluding carboxylic acids is 1. The Labute approximate surface area is 145 Å². The molecule has 0 N–H and O–H groups in total.